The fourth-order valence-electron chi connectivity index (χ4n) is 2.77. The number of rotatable bonds is 3. The molecule has 1 aromatic carbocycles. The predicted octanol–water partition coefficient (Wildman–Crippen LogP) is 3.43. The molecule has 3 heteroatoms. The van der Waals surface area contributed by atoms with Crippen molar-refractivity contribution in [2.24, 2.45) is 0 Å². The lowest BCUT2D eigenvalue weighted by Crippen LogP contribution is -2.42. The molecule has 0 bridgehead atoms. The van der Waals surface area contributed by atoms with Crippen LogP contribution in [0.25, 0.3) is 0 Å². The normalized spacial score (nSPS) is 30.1. The molecule has 1 saturated heterocycles. The molecule has 3 atom stereocenters. The number of hydrogen-bond donors (Lipinski definition) is 1. The van der Waals surface area contributed by atoms with Crippen molar-refractivity contribution in [1.29, 1.82) is 0 Å². The van der Waals surface area contributed by atoms with E-state index in [2.05, 4.69) is 26.1 Å². The second-order valence-electron chi connectivity index (χ2n) is 5.37. The summed E-state index contributed by atoms with van der Waals surface area (Å²) in [6, 6.07) is 7.43. The smallest absolute Gasteiger partial charge is 0.123 e. The first-order valence-electron chi connectivity index (χ1n) is 6.71. The van der Waals surface area contributed by atoms with Gasteiger partial charge in [0.2, 0.25) is 0 Å². The van der Waals surface area contributed by atoms with Crippen LogP contribution in [0.1, 0.15) is 45.2 Å². The summed E-state index contributed by atoms with van der Waals surface area (Å²) in [7, 11) is 0. The molecule has 0 aliphatic carbocycles. The molecule has 0 aromatic heterocycles. The van der Waals surface area contributed by atoms with Gasteiger partial charge in [0.05, 0.1) is 12.2 Å². The third kappa shape index (κ3) is 3.53. The maximum atomic E-state index is 13.2. The van der Waals surface area contributed by atoms with E-state index in [1.165, 1.54) is 6.07 Å². The van der Waals surface area contributed by atoms with E-state index in [0.29, 0.717) is 18.2 Å². The molecule has 1 heterocycles. The van der Waals surface area contributed by atoms with E-state index in [1.54, 1.807) is 12.1 Å². The lowest BCUT2D eigenvalue weighted by Gasteiger charge is -2.34. The summed E-state index contributed by atoms with van der Waals surface area (Å²) >= 11 is 0. The van der Waals surface area contributed by atoms with E-state index in [4.69, 9.17) is 4.74 Å². The lowest BCUT2D eigenvalue weighted by molar-refractivity contribution is -0.0433. The molecule has 1 aliphatic rings. The molecular weight excluding hydrogens is 229 g/mol. The molecule has 1 N–H and O–H groups in total. The minimum absolute atomic E-state index is 0.170. The van der Waals surface area contributed by atoms with Crippen LogP contribution in [0, 0.1) is 5.82 Å². The Morgan fingerprint density at radius 1 is 1.28 bits per heavy atom. The third-order valence-electron chi connectivity index (χ3n) is 3.53. The maximum Gasteiger partial charge on any atom is 0.123 e. The molecule has 1 fully saturated rings. The van der Waals surface area contributed by atoms with Crippen LogP contribution < -0.4 is 5.32 Å². The molecule has 100 valence electrons. The van der Waals surface area contributed by atoms with E-state index in [0.717, 1.165) is 18.4 Å². The number of ether oxygens (including phenoxy) is 1. The highest BCUT2D eigenvalue weighted by Crippen LogP contribution is 2.22. The number of nitrogens with one attached hydrogen (secondary N) is 1. The zero-order valence-corrected chi connectivity index (χ0v) is 11.3. The molecule has 18 heavy (non-hydrogen) atoms. The molecule has 2 rings (SSSR count). The van der Waals surface area contributed by atoms with Gasteiger partial charge in [-0.05, 0) is 51.3 Å². The monoisotopic (exact) mass is 251 g/mol. The van der Waals surface area contributed by atoms with Crippen molar-refractivity contribution < 1.29 is 9.13 Å². The van der Waals surface area contributed by atoms with Gasteiger partial charge in [-0.3, -0.25) is 0 Å². The van der Waals surface area contributed by atoms with Gasteiger partial charge in [-0.15, -0.1) is 0 Å². The van der Waals surface area contributed by atoms with Crippen molar-refractivity contribution in [3.8, 4) is 0 Å². The first kappa shape index (κ1) is 13.5. The van der Waals surface area contributed by atoms with Gasteiger partial charge in [0.15, 0.2) is 0 Å². The van der Waals surface area contributed by atoms with E-state index in [1.807, 2.05) is 6.07 Å². The number of benzene rings is 1. The Kier molecular flexibility index (Phi) is 4.36. The van der Waals surface area contributed by atoms with Gasteiger partial charge in [-0.25, -0.2) is 4.39 Å². The summed E-state index contributed by atoms with van der Waals surface area (Å²) in [6.45, 7) is 6.30. The average Bonchev–Trinajstić information content (AvgIpc) is 2.27. The Morgan fingerprint density at radius 3 is 2.56 bits per heavy atom. The van der Waals surface area contributed by atoms with Crippen LogP contribution in [0.5, 0.6) is 0 Å². The van der Waals surface area contributed by atoms with Crippen molar-refractivity contribution in [3.05, 3.63) is 35.6 Å². The van der Waals surface area contributed by atoms with Crippen LogP contribution in [0.4, 0.5) is 4.39 Å². The molecule has 0 amide bonds. The summed E-state index contributed by atoms with van der Waals surface area (Å²) in [6.07, 6.45) is 2.63. The van der Waals surface area contributed by atoms with Crippen LogP contribution >= 0.6 is 0 Å². The number of hydrogen-bond acceptors (Lipinski definition) is 2. The van der Waals surface area contributed by atoms with Crippen molar-refractivity contribution in [3.63, 3.8) is 0 Å². The van der Waals surface area contributed by atoms with Gasteiger partial charge < -0.3 is 10.1 Å². The summed E-state index contributed by atoms with van der Waals surface area (Å²) < 4.78 is 18.9. The Hall–Kier alpha value is -0.930. The van der Waals surface area contributed by atoms with Crippen molar-refractivity contribution in [2.75, 3.05) is 0 Å². The summed E-state index contributed by atoms with van der Waals surface area (Å²) in [4.78, 5) is 0. The fraction of sp³-hybridized carbons (Fsp3) is 0.600. The van der Waals surface area contributed by atoms with Crippen molar-refractivity contribution in [1.82, 2.24) is 5.32 Å². The molecule has 1 aliphatic heterocycles. The standard InChI is InChI=1S/C15H22FNO/c1-10-7-15(8-11(2)18-10)17-12(3)13-5-4-6-14(16)9-13/h4-6,9-12,15,17H,7-8H2,1-3H3/t10?,11?,12-,15?/m1/s1. The Morgan fingerprint density at radius 2 is 1.94 bits per heavy atom. The SMILES string of the molecule is CC1CC(N[C@H](C)c2cccc(F)c2)CC(C)O1. The van der Waals surface area contributed by atoms with E-state index in [-0.39, 0.29) is 11.9 Å². The third-order valence-corrected chi connectivity index (χ3v) is 3.53. The van der Waals surface area contributed by atoms with Crippen LogP contribution in [-0.4, -0.2) is 18.2 Å². The Bertz CT molecular complexity index is 386. The highest BCUT2D eigenvalue weighted by Gasteiger charge is 2.25. The lowest BCUT2D eigenvalue weighted by atomic mass is 9.98. The average molecular weight is 251 g/mol. The molecule has 0 spiro atoms. The van der Waals surface area contributed by atoms with Gasteiger partial charge >= 0.3 is 0 Å². The second-order valence-corrected chi connectivity index (χ2v) is 5.37. The largest absolute Gasteiger partial charge is 0.375 e. The Labute approximate surface area is 109 Å². The fourth-order valence-corrected chi connectivity index (χ4v) is 2.77. The minimum atomic E-state index is -0.171. The maximum absolute atomic E-state index is 13.2. The van der Waals surface area contributed by atoms with Gasteiger partial charge in [0.1, 0.15) is 5.82 Å². The first-order valence-corrected chi connectivity index (χ1v) is 6.71. The summed E-state index contributed by atoms with van der Waals surface area (Å²) in [5, 5.41) is 3.58. The van der Waals surface area contributed by atoms with Crippen LogP contribution in [0.15, 0.2) is 24.3 Å². The molecule has 2 nitrogen and oxygen atoms in total. The second kappa shape index (κ2) is 5.81. The molecule has 0 saturated carbocycles. The zero-order valence-electron chi connectivity index (χ0n) is 11.3. The Balaban J connectivity index is 1.96. The molecule has 1 aromatic rings. The minimum Gasteiger partial charge on any atom is -0.375 e. The van der Waals surface area contributed by atoms with E-state index < -0.39 is 0 Å². The highest BCUT2D eigenvalue weighted by atomic mass is 19.1. The molecule has 0 radical (unpaired) electrons. The van der Waals surface area contributed by atoms with Crippen LogP contribution in [0.3, 0.4) is 0 Å². The van der Waals surface area contributed by atoms with Crippen molar-refractivity contribution >= 4 is 0 Å². The van der Waals surface area contributed by atoms with Gasteiger partial charge in [-0.1, -0.05) is 12.1 Å². The van der Waals surface area contributed by atoms with Crippen LogP contribution in [0.2, 0.25) is 0 Å². The summed E-state index contributed by atoms with van der Waals surface area (Å²) in [5.41, 5.74) is 1.00. The van der Waals surface area contributed by atoms with Gasteiger partial charge in [-0.2, -0.15) is 0 Å². The predicted molar refractivity (Wildman–Crippen MR) is 71.0 cm³/mol. The molecule has 2 unspecified atom stereocenters. The van der Waals surface area contributed by atoms with Crippen LogP contribution in [-0.2, 0) is 4.74 Å². The molecular formula is C15H22FNO. The number of halogens is 1. The quantitative estimate of drug-likeness (QED) is 0.888. The van der Waals surface area contributed by atoms with Crippen molar-refractivity contribution in [2.45, 2.75) is 57.9 Å². The van der Waals surface area contributed by atoms with Gasteiger partial charge in [0.25, 0.3) is 0 Å². The van der Waals surface area contributed by atoms with Gasteiger partial charge in [0, 0.05) is 12.1 Å². The first-order chi connectivity index (χ1) is 8.54. The van der Waals surface area contributed by atoms with E-state index >= 15 is 0 Å². The topological polar surface area (TPSA) is 21.3 Å². The van der Waals surface area contributed by atoms with E-state index in [9.17, 15) is 4.39 Å². The zero-order chi connectivity index (χ0) is 13.1. The highest BCUT2D eigenvalue weighted by molar-refractivity contribution is 5.19. The summed E-state index contributed by atoms with van der Waals surface area (Å²) in [5.74, 6) is -0.171.